The average molecular weight is 257 g/mol. The molecule has 0 saturated heterocycles. The van der Waals surface area contributed by atoms with Gasteiger partial charge in [-0.25, -0.2) is 4.39 Å². The van der Waals surface area contributed by atoms with E-state index in [-0.39, 0.29) is 11.9 Å². The van der Waals surface area contributed by atoms with Crippen molar-refractivity contribution in [1.29, 1.82) is 0 Å². The first-order valence-electron chi connectivity index (χ1n) is 6.63. The van der Waals surface area contributed by atoms with Crippen molar-refractivity contribution in [2.45, 2.75) is 32.7 Å². The zero-order chi connectivity index (χ0) is 13.8. The normalized spacial score (nSPS) is 12.4. The van der Waals surface area contributed by atoms with E-state index < -0.39 is 0 Å². The Morgan fingerprint density at radius 1 is 1.05 bits per heavy atom. The first kappa shape index (κ1) is 13.8. The molecule has 0 bridgehead atoms. The first-order chi connectivity index (χ1) is 9.06. The van der Waals surface area contributed by atoms with Crippen molar-refractivity contribution >= 4 is 0 Å². The number of hydrogen-bond acceptors (Lipinski definition) is 1. The van der Waals surface area contributed by atoms with Crippen LogP contribution in [0.1, 0.15) is 34.7 Å². The molecule has 0 aliphatic rings. The van der Waals surface area contributed by atoms with Gasteiger partial charge in [-0.3, -0.25) is 0 Å². The number of halogens is 1. The molecule has 0 heterocycles. The zero-order valence-corrected chi connectivity index (χ0v) is 11.5. The van der Waals surface area contributed by atoms with Crippen LogP contribution in [0.4, 0.5) is 4.39 Å². The van der Waals surface area contributed by atoms with Crippen LogP contribution in [0.25, 0.3) is 0 Å². The Morgan fingerprint density at radius 2 is 1.74 bits per heavy atom. The summed E-state index contributed by atoms with van der Waals surface area (Å²) in [5, 5.41) is 0. The molecule has 1 unspecified atom stereocenters. The van der Waals surface area contributed by atoms with Crippen molar-refractivity contribution in [2.24, 2.45) is 5.73 Å². The maximum absolute atomic E-state index is 12.8. The van der Waals surface area contributed by atoms with Crippen LogP contribution in [-0.4, -0.2) is 0 Å². The summed E-state index contributed by atoms with van der Waals surface area (Å²) in [5.74, 6) is -0.192. The van der Waals surface area contributed by atoms with Crippen molar-refractivity contribution in [3.8, 4) is 0 Å². The monoisotopic (exact) mass is 257 g/mol. The van der Waals surface area contributed by atoms with E-state index in [1.807, 2.05) is 12.1 Å². The van der Waals surface area contributed by atoms with E-state index in [9.17, 15) is 4.39 Å². The molecule has 0 saturated carbocycles. The molecular formula is C17H20FN. The predicted molar refractivity (Wildman–Crippen MR) is 77.6 cm³/mol. The van der Waals surface area contributed by atoms with E-state index in [4.69, 9.17) is 5.73 Å². The summed E-state index contributed by atoms with van der Waals surface area (Å²) in [6.07, 6.45) is 1.74. The number of benzene rings is 2. The summed E-state index contributed by atoms with van der Waals surface area (Å²) in [6, 6.07) is 13.1. The molecule has 2 rings (SSSR count). The van der Waals surface area contributed by atoms with Gasteiger partial charge in [-0.05, 0) is 55.5 Å². The smallest absolute Gasteiger partial charge is 0.123 e. The molecule has 1 atom stereocenters. The second kappa shape index (κ2) is 5.98. The first-order valence-corrected chi connectivity index (χ1v) is 6.63. The van der Waals surface area contributed by atoms with Gasteiger partial charge in [0.25, 0.3) is 0 Å². The van der Waals surface area contributed by atoms with Crippen LogP contribution in [0.15, 0.2) is 42.5 Å². The topological polar surface area (TPSA) is 26.0 Å². The van der Waals surface area contributed by atoms with Crippen LogP contribution < -0.4 is 5.73 Å². The Labute approximate surface area is 114 Å². The van der Waals surface area contributed by atoms with E-state index in [0.29, 0.717) is 0 Å². The van der Waals surface area contributed by atoms with Gasteiger partial charge in [0.05, 0.1) is 0 Å². The summed E-state index contributed by atoms with van der Waals surface area (Å²) in [5.41, 5.74) is 11.1. The quantitative estimate of drug-likeness (QED) is 0.877. The van der Waals surface area contributed by atoms with Gasteiger partial charge >= 0.3 is 0 Å². The molecule has 2 aromatic carbocycles. The van der Waals surface area contributed by atoms with E-state index in [1.54, 1.807) is 0 Å². The minimum atomic E-state index is -0.192. The third kappa shape index (κ3) is 3.65. The van der Waals surface area contributed by atoms with Gasteiger partial charge in [0.2, 0.25) is 0 Å². The lowest BCUT2D eigenvalue weighted by Gasteiger charge is -2.15. The molecule has 100 valence electrons. The molecular weight excluding hydrogens is 237 g/mol. The van der Waals surface area contributed by atoms with Crippen molar-refractivity contribution in [3.05, 3.63) is 70.5 Å². The minimum absolute atomic E-state index is 0.0324. The lowest BCUT2D eigenvalue weighted by Crippen LogP contribution is -2.13. The summed E-state index contributed by atoms with van der Waals surface area (Å²) < 4.78 is 12.8. The molecule has 19 heavy (non-hydrogen) atoms. The van der Waals surface area contributed by atoms with Gasteiger partial charge in [-0.1, -0.05) is 35.9 Å². The summed E-state index contributed by atoms with van der Waals surface area (Å²) in [7, 11) is 0. The minimum Gasteiger partial charge on any atom is -0.324 e. The van der Waals surface area contributed by atoms with Crippen molar-refractivity contribution in [2.75, 3.05) is 0 Å². The highest BCUT2D eigenvalue weighted by molar-refractivity contribution is 5.33. The molecule has 0 amide bonds. The van der Waals surface area contributed by atoms with Crippen LogP contribution in [0, 0.1) is 19.7 Å². The molecule has 1 nitrogen and oxygen atoms in total. The third-order valence-electron chi connectivity index (χ3n) is 3.49. The van der Waals surface area contributed by atoms with Gasteiger partial charge in [0, 0.05) is 6.04 Å². The highest BCUT2D eigenvalue weighted by Crippen LogP contribution is 2.21. The maximum atomic E-state index is 12.8. The van der Waals surface area contributed by atoms with Crippen LogP contribution in [-0.2, 0) is 6.42 Å². The van der Waals surface area contributed by atoms with Gasteiger partial charge in [-0.15, -0.1) is 0 Å². The van der Waals surface area contributed by atoms with E-state index in [2.05, 4.69) is 32.0 Å². The average Bonchev–Trinajstić information content (AvgIpc) is 2.40. The molecule has 0 aliphatic carbocycles. The number of aryl methyl sites for hydroxylation is 3. The Morgan fingerprint density at radius 3 is 2.42 bits per heavy atom. The van der Waals surface area contributed by atoms with Crippen molar-refractivity contribution in [1.82, 2.24) is 0 Å². The molecule has 0 radical (unpaired) electrons. The molecule has 2 aromatic rings. The SMILES string of the molecule is Cc1ccc(C)c(C(N)CCc2ccc(F)cc2)c1. The molecule has 2 heteroatoms. The van der Waals surface area contributed by atoms with E-state index in [1.165, 1.54) is 28.8 Å². The number of hydrogen-bond donors (Lipinski definition) is 1. The summed E-state index contributed by atoms with van der Waals surface area (Å²) >= 11 is 0. The van der Waals surface area contributed by atoms with Crippen LogP contribution >= 0.6 is 0 Å². The van der Waals surface area contributed by atoms with Crippen LogP contribution in [0.2, 0.25) is 0 Å². The molecule has 0 aliphatic heterocycles. The van der Waals surface area contributed by atoms with Gasteiger partial charge in [0.1, 0.15) is 5.82 Å². The lowest BCUT2D eigenvalue weighted by atomic mass is 9.95. The Kier molecular flexibility index (Phi) is 4.33. The zero-order valence-electron chi connectivity index (χ0n) is 11.5. The van der Waals surface area contributed by atoms with Crippen molar-refractivity contribution in [3.63, 3.8) is 0 Å². The number of nitrogens with two attached hydrogens (primary N) is 1. The molecule has 0 fully saturated rings. The standard InChI is InChI=1S/C17H20FN/c1-12-3-4-13(2)16(11-12)17(19)10-7-14-5-8-15(18)9-6-14/h3-6,8-9,11,17H,7,10,19H2,1-2H3. The predicted octanol–water partition coefficient (Wildman–Crippen LogP) is 4.08. The molecule has 0 aromatic heterocycles. The van der Waals surface area contributed by atoms with Gasteiger partial charge in [-0.2, -0.15) is 0 Å². The number of rotatable bonds is 4. The van der Waals surface area contributed by atoms with E-state index >= 15 is 0 Å². The maximum Gasteiger partial charge on any atom is 0.123 e. The molecule has 2 N–H and O–H groups in total. The lowest BCUT2D eigenvalue weighted by molar-refractivity contribution is 0.623. The van der Waals surface area contributed by atoms with Gasteiger partial charge in [0.15, 0.2) is 0 Å². The fourth-order valence-corrected chi connectivity index (χ4v) is 2.29. The Balaban J connectivity index is 2.03. The van der Waals surface area contributed by atoms with E-state index in [0.717, 1.165) is 18.4 Å². The van der Waals surface area contributed by atoms with Gasteiger partial charge < -0.3 is 5.73 Å². The summed E-state index contributed by atoms with van der Waals surface area (Å²) in [6.45, 7) is 4.17. The Hall–Kier alpha value is -1.67. The fourth-order valence-electron chi connectivity index (χ4n) is 2.29. The highest BCUT2D eigenvalue weighted by Gasteiger charge is 2.09. The second-order valence-corrected chi connectivity index (χ2v) is 5.13. The van der Waals surface area contributed by atoms with Crippen LogP contribution in [0.5, 0.6) is 0 Å². The fraction of sp³-hybridized carbons (Fsp3) is 0.294. The van der Waals surface area contributed by atoms with Crippen molar-refractivity contribution < 1.29 is 4.39 Å². The highest BCUT2D eigenvalue weighted by atomic mass is 19.1. The Bertz CT molecular complexity index is 546. The molecule has 0 spiro atoms. The van der Waals surface area contributed by atoms with Crippen LogP contribution in [0.3, 0.4) is 0 Å². The third-order valence-corrected chi connectivity index (χ3v) is 3.49. The summed E-state index contributed by atoms with van der Waals surface area (Å²) in [4.78, 5) is 0. The second-order valence-electron chi connectivity index (χ2n) is 5.13. The largest absolute Gasteiger partial charge is 0.324 e.